The summed E-state index contributed by atoms with van der Waals surface area (Å²) < 4.78 is 10.3. The van der Waals surface area contributed by atoms with Crippen molar-refractivity contribution in [3.8, 4) is 23.1 Å². The lowest BCUT2D eigenvalue weighted by atomic mass is 10.1. The first kappa shape index (κ1) is 11.2. The van der Waals surface area contributed by atoms with Crippen LogP contribution in [-0.4, -0.2) is 17.1 Å². The van der Waals surface area contributed by atoms with Gasteiger partial charge in [-0.1, -0.05) is 6.07 Å². The van der Waals surface area contributed by atoms with E-state index in [2.05, 4.69) is 16.0 Å². The number of benzene rings is 1. The molecule has 0 saturated heterocycles. The highest BCUT2D eigenvalue weighted by Crippen LogP contribution is 2.26. The topological polar surface area (TPSA) is 71.9 Å². The molecular formula is C14H9N3O2. The molecule has 19 heavy (non-hydrogen) atoms. The van der Waals surface area contributed by atoms with E-state index in [9.17, 15) is 0 Å². The summed E-state index contributed by atoms with van der Waals surface area (Å²) in [6.07, 6.45) is 2.94. The Balaban J connectivity index is 2.13. The molecule has 0 radical (unpaired) electrons. The molecule has 3 rings (SSSR count). The molecule has 0 unspecified atom stereocenters. The molecule has 0 amide bonds. The summed E-state index contributed by atoms with van der Waals surface area (Å²) in [5.74, 6) is 0.465. The van der Waals surface area contributed by atoms with E-state index in [-0.39, 0.29) is 0 Å². The Morgan fingerprint density at radius 3 is 2.95 bits per heavy atom. The molecule has 0 saturated carbocycles. The average molecular weight is 251 g/mol. The second-order valence-electron chi connectivity index (χ2n) is 3.92. The first-order chi connectivity index (χ1) is 9.31. The number of rotatable bonds is 2. The normalized spacial score (nSPS) is 10.3. The quantitative estimate of drug-likeness (QED) is 0.700. The summed E-state index contributed by atoms with van der Waals surface area (Å²) in [5, 5.41) is 9.07. The van der Waals surface area contributed by atoms with Gasteiger partial charge in [0.1, 0.15) is 11.6 Å². The van der Waals surface area contributed by atoms with E-state index in [4.69, 9.17) is 14.4 Å². The highest BCUT2D eigenvalue weighted by molar-refractivity contribution is 5.79. The van der Waals surface area contributed by atoms with Crippen LogP contribution in [0, 0.1) is 11.3 Å². The third-order valence-corrected chi connectivity index (χ3v) is 2.83. The van der Waals surface area contributed by atoms with Gasteiger partial charge in [0.05, 0.1) is 24.6 Å². The predicted octanol–water partition coefficient (Wildman–Crippen LogP) is 2.77. The molecule has 2 heterocycles. The summed E-state index contributed by atoms with van der Waals surface area (Å²) in [7, 11) is 1.51. The lowest BCUT2D eigenvalue weighted by molar-refractivity contribution is 0.411. The molecule has 0 atom stereocenters. The fourth-order valence-corrected chi connectivity index (χ4v) is 1.87. The van der Waals surface area contributed by atoms with Gasteiger partial charge in [-0.15, -0.1) is 0 Å². The van der Waals surface area contributed by atoms with Crippen LogP contribution in [-0.2, 0) is 0 Å². The van der Waals surface area contributed by atoms with E-state index < -0.39 is 0 Å². The molecule has 0 fully saturated rings. The number of hydrogen-bond donors (Lipinski definition) is 0. The largest absolute Gasteiger partial charge is 0.494 e. The number of pyridine rings is 1. The van der Waals surface area contributed by atoms with Gasteiger partial charge in [-0.25, -0.2) is 4.98 Å². The van der Waals surface area contributed by atoms with E-state index in [1.54, 1.807) is 12.3 Å². The molecule has 5 heteroatoms. The number of fused-ring (bicyclic) bond motifs is 1. The molecule has 3 aromatic rings. The van der Waals surface area contributed by atoms with Crippen LogP contribution in [0.2, 0.25) is 0 Å². The van der Waals surface area contributed by atoms with E-state index in [0.29, 0.717) is 22.6 Å². The van der Waals surface area contributed by atoms with Crippen molar-refractivity contribution >= 4 is 11.1 Å². The lowest BCUT2D eigenvalue weighted by Crippen LogP contribution is -1.91. The highest BCUT2D eigenvalue weighted by atomic mass is 16.5. The number of ether oxygens (including phenoxy) is 1. The molecule has 0 spiro atoms. The van der Waals surface area contributed by atoms with Crippen molar-refractivity contribution in [2.75, 3.05) is 7.11 Å². The van der Waals surface area contributed by atoms with Crippen LogP contribution in [0.5, 0.6) is 5.75 Å². The first-order valence-electron chi connectivity index (χ1n) is 5.59. The summed E-state index contributed by atoms with van der Waals surface area (Å²) >= 11 is 0. The Morgan fingerprint density at radius 2 is 2.16 bits per heavy atom. The van der Waals surface area contributed by atoms with Crippen molar-refractivity contribution in [1.29, 1.82) is 5.26 Å². The first-order valence-corrected chi connectivity index (χ1v) is 5.59. The van der Waals surface area contributed by atoms with E-state index in [1.165, 1.54) is 13.5 Å². The SMILES string of the molecule is COc1cnc(-c2ccc3ncoc3c2)cc1C#N. The zero-order valence-corrected chi connectivity index (χ0v) is 10.1. The van der Waals surface area contributed by atoms with Gasteiger partial charge in [0, 0.05) is 5.56 Å². The zero-order valence-electron chi connectivity index (χ0n) is 10.1. The number of oxazole rings is 1. The van der Waals surface area contributed by atoms with Crippen molar-refractivity contribution in [3.63, 3.8) is 0 Å². The third kappa shape index (κ3) is 1.89. The Bertz CT molecular complexity index is 787. The molecule has 1 aromatic carbocycles. The molecule has 0 aliphatic heterocycles. The maximum Gasteiger partial charge on any atom is 0.181 e. The van der Waals surface area contributed by atoms with E-state index in [0.717, 1.165) is 11.1 Å². The number of aromatic nitrogens is 2. The number of nitrogens with zero attached hydrogens (tertiary/aromatic N) is 3. The number of nitriles is 1. The van der Waals surface area contributed by atoms with Crippen molar-refractivity contribution < 1.29 is 9.15 Å². The van der Waals surface area contributed by atoms with Gasteiger partial charge in [-0.2, -0.15) is 5.26 Å². The van der Waals surface area contributed by atoms with Gasteiger partial charge in [0.15, 0.2) is 17.7 Å². The standard InChI is InChI=1S/C14H9N3O2/c1-18-14-7-16-12(4-10(14)6-15)9-2-3-11-13(5-9)19-8-17-11/h2-5,7-8H,1H3. The molecule has 5 nitrogen and oxygen atoms in total. The van der Waals surface area contributed by atoms with Crippen molar-refractivity contribution in [2.24, 2.45) is 0 Å². The third-order valence-electron chi connectivity index (χ3n) is 2.83. The second-order valence-corrected chi connectivity index (χ2v) is 3.92. The molecule has 2 aromatic heterocycles. The zero-order chi connectivity index (χ0) is 13.2. The minimum Gasteiger partial charge on any atom is -0.494 e. The van der Waals surface area contributed by atoms with E-state index >= 15 is 0 Å². The van der Waals surface area contributed by atoms with Crippen molar-refractivity contribution in [1.82, 2.24) is 9.97 Å². The summed E-state index contributed by atoms with van der Waals surface area (Å²) in [4.78, 5) is 8.34. The second kappa shape index (κ2) is 4.42. The number of hydrogen-bond acceptors (Lipinski definition) is 5. The Morgan fingerprint density at radius 1 is 1.26 bits per heavy atom. The smallest absolute Gasteiger partial charge is 0.181 e. The van der Waals surface area contributed by atoms with Gasteiger partial charge >= 0.3 is 0 Å². The van der Waals surface area contributed by atoms with Crippen LogP contribution in [0.1, 0.15) is 5.56 Å². The van der Waals surface area contributed by atoms with Gasteiger partial charge in [-0.3, -0.25) is 4.98 Å². The number of methoxy groups -OCH3 is 1. The Kier molecular flexibility index (Phi) is 2.62. The van der Waals surface area contributed by atoms with Gasteiger partial charge in [-0.05, 0) is 18.2 Å². The summed E-state index contributed by atoms with van der Waals surface area (Å²) in [6, 6.07) is 9.37. The Hall–Kier alpha value is -2.87. The van der Waals surface area contributed by atoms with Crippen molar-refractivity contribution in [3.05, 3.63) is 42.4 Å². The minimum absolute atomic E-state index is 0.449. The van der Waals surface area contributed by atoms with Gasteiger partial charge < -0.3 is 9.15 Å². The van der Waals surface area contributed by atoms with Crippen molar-refractivity contribution in [2.45, 2.75) is 0 Å². The van der Waals surface area contributed by atoms with Gasteiger partial charge in [0.2, 0.25) is 0 Å². The molecule has 0 aliphatic rings. The van der Waals surface area contributed by atoms with Crippen LogP contribution in [0.4, 0.5) is 0 Å². The molecule has 0 bridgehead atoms. The monoisotopic (exact) mass is 251 g/mol. The fraction of sp³-hybridized carbons (Fsp3) is 0.0714. The highest BCUT2D eigenvalue weighted by Gasteiger charge is 2.08. The van der Waals surface area contributed by atoms with E-state index in [1.807, 2.05) is 18.2 Å². The van der Waals surface area contributed by atoms with Gasteiger partial charge in [0.25, 0.3) is 0 Å². The summed E-state index contributed by atoms with van der Waals surface area (Å²) in [6.45, 7) is 0. The van der Waals surface area contributed by atoms with Crippen LogP contribution in [0.25, 0.3) is 22.4 Å². The van der Waals surface area contributed by atoms with Crippen LogP contribution in [0.3, 0.4) is 0 Å². The molecule has 0 N–H and O–H groups in total. The lowest BCUT2D eigenvalue weighted by Gasteiger charge is -2.05. The van der Waals surface area contributed by atoms with Crippen LogP contribution >= 0.6 is 0 Å². The Labute approximate surface area is 109 Å². The molecule has 0 aliphatic carbocycles. The van der Waals surface area contributed by atoms with Crippen LogP contribution < -0.4 is 4.74 Å². The maximum absolute atomic E-state index is 9.07. The minimum atomic E-state index is 0.449. The average Bonchev–Trinajstić information content (AvgIpc) is 2.93. The maximum atomic E-state index is 9.07. The predicted molar refractivity (Wildman–Crippen MR) is 68.5 cm³/mol. The molecule has 92 valence electrons. The van der Waals surface area contributed by atoms with Crippen LogP contribution in [0.15, 0.2) is 41.3 Å². The molecular weight excluding hydrogens is 242 g/mol. The fourth-order valence-electron chi connectivity index (χ4n) is 1.87. The summed E-state index contributed by atoms with van der Waals surface area (Å²) in [5.41, 5.74) is 3.48.